The summed E-state index contributed by atoms with van der Waals surface area (Å²) < 4.78 is 4.34. The van der Waals surface area contributed by atoms with E-state index < -0.39 is 0 Å². The van der Waals surface area contributed by atoms with Gasteiger partial charge in [-0.15, -0.1) is 0 Å². The van der Waals surface area contributed by atoms with E-state index in [4.69, 9.17) is 5.73 Å². The van der Waals surface area contributed by atoms with Crippen LogP contribution in [0.1, 0.15) is 5.56 Å². The maximum Gasteiger partial charge on any atom is 0.342 e. The van der Waals surface area contributed by atoms with Gasteiger partial charge in [0.15, 0.2) is 0 Å². The number of nitrogen functional groups attached to an aromatic ring is 1. The molecule has 0 aromatic carbocycles. The van der Waals surface area contributed by atoms with Crippen LogP contribution in [-0.2, 0) is 0 Å². The smallest absolute Gasteiger partial charge is 0.342 e. The molecule has 2 heterocycles. The van der Waals surface area contributed by atoms with Crippen LogP contribution in [0.15, 0.2) is 10.7 Å². The number of anilines is 1. The third-order valence-electron chi connectivity index (χ3n) is 1.57. The van der Waals surface area contributed by atoms with Gasteiger partial charge in [-0.1, -0.05) is 0 Å². The van der Waals surface area contributed by atoms with E-state index in [1.807, 2.05) is 0 Å². The van der Waals surface area contributed by atoms with Crippen molar-refractivity contribution < 1.29 is 9.53 Å². The summed E-state index contributed by atoms with van der Waals surface area (Å²) in [5.74, 6) is 0.328. The summed E-state index contributed by atoms with van der Waals surface area (Å²) >= 11 is 0. The first-order chi connectivity index (χ1) is 5.68. The molecule has 0 aliphatic rings. The van der Waals surface area contributed by atoms with E-state index in [2.05, 4.69) is 14.8 Å². The third-order valence-corrected chi connectivity index (χ3v) is 1.57. The molecule has 0 saturated heterocycles. The van der Waals surface area contributed by atoms with Crippen molar-refractivity contribution >= 4 is 17.0 Å². The number of nitrogens with two attached hydrogens (primary N) is 1. The first kappa shape index (κ1) is 6.84. The molecule has 6 heteroatoms. The second-order valence-corrected chi connectivity index (χ2v) is 2.47. The molecule has 2 rings (SSSR count). The Hall–Kier alpha value is -1.85. The minimum atomic E-state index is 0.238. The van der Waals surface area contributed by atoms with E-state index in [1.54, 1.807) is 13.0 Å². The molecule has 0 saturated carbocycles. The number of nitrogens with zero attached hydrogens (tertiary/aromatic N) is 3. The zero-order chi connectivity index (χ0) is 8.72. The highest BCUT2D eigenvalue weighted by atomic mass is 16.8. The zero-order valence-corrected chi connectivity index (χ0v) is 6.31. The van der Waals surface area contributed by atoms with Crippen molar-refractivity contribution in [3.8, 4) is 0 Å². The minimum Gasteiger partial charge on any atom is -0.384 e. The first-order valence-electron chi connectivity index (χ1n) is 3.31. The van der Waals surface area contributed by atoms with Crippen LogP contribution >= 0.6 is 0 Å². The summed E-state index contributed by atoms with van der Waals surface area (Å²) in [6.45, 7) is 1.74. The Labute approximate surface area is 67.1 Å². The minimum absolute atomic E-state index is 0.238. The summed E-state index contributed by atoms with van der Waals surface area (Å²) in [4.78, 5) is 4.13. The van der Waals surface area contributed by atoms with Crippen molar-refractivity contribution in [2.24, 2.45) is 0 Å². The lowest BCUT2D eigenvalue weighted by Gasteiger charge is -1.92. The zero-order valence-electron chi connectivity index (χ0n) is 6.31. The second-order valence-electron chi connectivity index (χ2n) is 2.47. The SMILES string of the molecule is Cc1cc(N)nc2no[n+]([O-])c12. The number of aromatic nitrogens is 3. The average Bonchev–Trinajstić information content (AvgIpc) is 2.31. The highest BCUT2D eigenvalue weighted by Gasteiger charge is 2.13. The Kier molecular flexibility index (Phi) is 1.18. The van der Waals surface area contributed by atoms with Crippen LogP contribution < -0.4 is 10.6 Å². The Bertz CT molecular complexity index is 436. The van der Waals surface area contributed by atoms with Crippen LogP contribution in [0, 0.1) is 12.1 Å². The topological polar surface area (TPSA) is 91.9 Å². The molecule has 2 aromatic rings. The van der Waals surface area contributed by atoms with E-state index in [9.17, 15) is 5.21 Å². The molecular weight excluding hydrogens is 160 g/mol. The molecule has 0 radical (unpaired) electrons. The first-order valence-corrected chi connectivity index (χ1v) is 3.31. The molecule has 0 aliphatic heterocycles. The molecule has 2 aromatic heterocycles. The van der Waals surface area contributed by atoms with Crippen molar-refractivity contribution in [2.45, 2.75) is 6.92 Å². The monoisotopic (exact) mass is 166 g/mol. The quantitative estimate of drug-likeness (QED) is 0.544. The molecule has 0 bridgehead atoms. The fourth-order valence-electron chi connectivity index (χ4n) is 1.08. The Balaban J connectivity index is 2.93. The van der Waals surface area contributed by atoms with E-state index in [0.717, 1.165) is 0 Å². The average molecular weight is 166 g/mol. The fourth-order valence-corrected chi connectivity index (χ4v) is 1.08. The van der Waals surface area contributed by atoms with Crippen molar-refractivity contribution in [1.82, 2.24) is 10.1 Å². The molecule has 12 heavy (non-hydrogen) atoms. The summed E-state index contributed by atoms with van der Waals surface area (Å²) in [7, 11) is 0. The van der Waals surface area contributed by atoms with Gasteiger partial charge in [-0.2, -0.15) is 4.98 Å². The van der Waals surface area contributed by atoms with E-state index in [-0.39, 0.29) is 5.65 Å². The lowest BCUT2D eigenvalue weighted by molar-refractivity contribution is -0.782. The Morgan fingerprint density at radius 2 is 2.42 bits per heavy atom. The summed E-state index contributed by atoms with van der Waals surface area (Å²) in [5.41, 5.74) is 6.69. The number of rotatable bonds is 0. The number of hydrogen-bond donors (Lipinski definition) is 1. The van der Waals surface area contributed by atoms with Gasteiger partial charge < -0.3 is 10.9 Å². The highest BCUT2D eigenvalue weighted by Crippen LogP contribution is 2.12. The molecule has 0 fully saturated rings. The number of pyridine rings is 1. The van der Waals surface area contributed by atoms with Crippen molar-refractivity contribution in [3.63, 3.8) is 0 Å². The standard InChI is InChI=1S/C6H6N4O2/c1-3-2-4(7)8-6-5(3)10(11)12-9-6/h2H,1H3,(H2,7,8,9). The molecule has 62 valence electrons. The van der Waals surface area contributed by atoms with E-state index in [1.165, 1.54) is 0 Å². The summed E-state index contributed by atoms with van der Waals surface area (Å²) in [6, 6.07) is 1.59. The normalized spacial score (nSPS) is 10.8. The van der Waals surface area contributed by atoms with Crippen molar-refractivity contribution in [3.05, 3.63) is 16.8 Å². The second kappa shape index (κ2) is 2.07. The molecule has 0 aliphatic carbocycles. The number of aryl methyl sites for hydroxylation is 1. The molecular formula is C6H6N4O2. The molecule has 0 atom stereocenters. The van der Waals surface area contributed by atoms with Gasteiger partial charge in [-0.3, -0.25) is 4.63 Å². The molecule has 2 N–H and O–H groups in total. The van der Waals surface area contributed by atoms with Gasteiger partial charge >= 0.3 is 5.65 Å². The lowest BCUT2D eigenvalue weighted by atomic mass is 10.2. The van der Waals surface area contributed by atoms with Crippen LogP contribution in [-0.4, -0.2) is 10.1 Å². The van der Waals surface area contributed by atoms with Gasteiger partial charge in [0.1, 0.15) is 5.82 Å². The number of fused-ring (bicyclic) bond motifs is 1. The highest BCUT2D eigenvalue weighted by molar-refractivity contribution is 5.71. The maximum absolute atomic E-state index is 10.9. The largest absolute Gasteiger partial charge is 0.384 e. The predicted octanol–water partition coefficient (Wildman–Crippen LogP) is -0.253. The molecule has 0 amide bonds. The third kappa shape index (κ3) is 0.777. The van der Waals surface area contributed by atoms with E-state index >= 15 is 0 Å². The molecule has 6 nitrogen and oxygen atoms in total. The van der Waals surface area contributed by atoms with Crippen molar-refractivity contribution in [1.29, 1.82) is 0 Å². The molecule has 0 unspecified atom stereocenters. The van der Waals surface area contributed by atoms with Crippen LogP contribution in [0.4, 0.5) is 5.82 Å². The van der Waals surface area contributed by atoms with Crippen LogP contribution in [0.25, 0.3) is 11.2 Å². The predicted molar refractivity (Wildman–Crippen MR) is 39.9 cm³/mol. The van der Waals surface area contributed by atoms with Gasteiger partial charge in [-0.25, -0.2) is 0 Å². The van der Waals surface area contributed by atoms with Gasteiger partial charge in [0.2, 0.25) is 5.52 Å². The lowest BCUT2D eigenvalue weighted by Crippen LogP contribution is -2.23. The summed E-state index contributed by atoms with van der Waals surface area (Å²) in [6.07, 6.45) is 0. The van der Waals surface area contributed by atoms with Gasteiger partial charge in [-0.05, 0) is 17.9 Å². The van der Waals surface area contributed by atoms with E-state index in [0.29, 0.717) is 21.8 Å². The number of hydrogen-bond acceptors (Lipinski definition) is 5. The van der Waals surface area contributed by atoms with Gasteiger partial charge in [0.05, 0.1) is 5.16 Å². The fraction of sp³-hybridized carbons (Fsp3) is 0.167. The van der Waals surface area contributed by atoms with Gasteiger partial charge in [0.25, 0.3) is 0 Å². The Morgan fingerprint density at radius 3 is 3.17 bits per heavy atom. The van der Waals surface area contributed by atoms with Crippen molar-refractivity contribution in [2.75, 3.05) is 5.73 Å². The molecule has 0 spiro atoms. The van der Waals surface area contributed by atoms with Crippen LogP contribution in [0.2, 0.25) is 0 Å². The van der Waals surface area contributed by atoms with Gasteiger partial charge in [0, 0.05) is 5.56 Å². The maximum atomic E-state index is 10.9. The summed E-state index contributed by atoms with van der Waals surface area (Å²) in [5, 5.41) is 14.3. The van der Waals surface area contributed by atoms with Crippen LogP contribution in [0.3, 0.4) is 0 Å². The van der Waals surface area contributed by atoms with Crippen LogP contribution in [0.5, 0.6) is 0 Å². The Morgan fingerprint density at radius 1 is 1.67 bits per heavy atom.